The quantitative estimate of drug-likeness (QED) is 0.746. The SMILES string of the molecule is CCCOc1ccccc1NC(=O)CCc1cc(OC)cc(OC)c1. The Balaban J connectivity index is 1.97. The second-order valence-corrected chi connectivity index (χ2v) is 5.61. The van der Waals surface area contributed by atoms with Crippen molar-refractivity contribution >= 4 is 11.6 Å². The van der Waals surface area contributed by atoms with Gasteiger partial charge in [0.15, 0.2) is 0 Å². The minimum Gasteiger partial charge on any atom is -0.497 e. The summed E-state index contributed by atoms with van der Waals surface area (Å²) in [7, 11) is 3.22. The summed E-state index contributed by atoms with van der Waals surface area (Å²) in [5, 5.41) is 2.92. The number of carbonyl (C=O) groups is 1. The van der Waals surface area contributed by atoms with E-state index in [4.69, 9.17) is 14.2 Å². The van der Waals surface area contributed by atoms with Gasteiger partial charge < -0.3 is 19.5 Å². The van der Waals surface area contributed by atoms with Gasteiger partial charge >= 0.3 is 0 Å². The molecule has 1 amide bonds. The molecule has 0 fully saturated rings. The fourth-order valence-corrected chi connectivity index (χ4v) is 2.39. The van der Waals surface area contributed by atoms with Crippen LogP contribution in [-0.2, 0) is 11.2 Å². The number of hydrogen-bond donors (Lipinski definition) is 1. The van der Waals surface area contributed by atoms with Crippen molar-refractivity contribution in [2.45, 2.75) is 26.2 Å². The normalized spacial score (nSPS) is 10.2. The topological polar surface area (TPSA) is 56.8 Å². The summed E-state index contributed by atoms with van der Waals surface area (Å²) in [5.41, 5.74) is 1.69. The van der Waals surface area contributed by atoms with E-state index in [-0.39, 0.29) is 5.91 Å². The van der Waals surface area contributed by atoms with Gasteiger partial charge in [-0.15, -0.1) is 0 Å². The standard InChI is InChI=1S/C20H25NO4/c1-4-11-25-19-8-6-5-7-18(19)21-20(22)10-9-15-12-16(23-2)14-17(13-15)24-3/h5-8,12-14H,4,9-11H2,1-3H3,(H,21,22). The van der Waals surface area contributed by atoms with E-state index in [1.54, 1.807) is 14.2 Å². The molecule has 0 atom stereocenters. The number of anilines is 1. The van der Waals surface area contributed by atoms with Crippen LogP contribution in [0.4, 0.5) is 5.69 Å². The van der Waals surface area contributed by atoms with E-state index in [9.17, 15) is 4.79 Å². The lowest BCUT2D eigenvalue weighted by molar-refractivity contribution is -0.116. The molecule has 0 aliphatic rings. The minimum absolute atomic E-state index is 0.0608. The molecule has 134 valence electrons. The molecule has 0 aliphatic heterocycles. The van der Waals surface area contributed by atoms with Gasteiger partial charge in [0.2, 0.25) is 5.91 Å². The third-order valence-electron chi connectivity index (χ3n) is 3.67. The Hall–Kier alpha value is -2.69. The van der Waals surface area contributed by atoms with E-state index in [1.165, 1.54) is 0 Å². The molecule has 0 heterocycles. The number of aryl methyl sites for hydroxylation is 1. The summed E-state index contributed by atoms with van der Waals surface area (Å²) in [5.74, 6) is 2.07. The molecule has 2 aromatic carbocycles. The highest BCUT2D eigenvalue weighted by atomic mass is 16.5. The average Bonchev–Trinajstić information content (AvgIpc) is 2.65. The molecule has 0 aliphatic carbocycles. The Bertz CT molecular complexity index is 678. The van der Waals surface area contributed by atoms with Crippen LogP contribution in [0.25, 0.3) is 0 Å². The average molecular weight is 343 g/mol. The van der Waals surface area contributed by atoms with Gasteiger partial charge in [-0.25, -0.2) is 0 Å². The summed E-state index contributed by atoms with van der Waals surface area (Å²) >= 11 is 0. The van der Waals surface area contributed by atoms with Crippen LogP contribution < -0.4 is 19.5 Å². The maximum absolute atomic E-state index is 12.3. The predicted molar refractivity (Wildman–Crippen MR) is 98.7 cm³/mol. The maximum Gasteiger partial charge on any atom is 0.224 e. The molecular weight excluding hydrogens is 318 g/mol. The first-order valence-corrected chi connectivity index (χ1v) is 8.40. The van der Waals surface area contributed by atoms with Crippen LogP contribution in [0.15, 0.2) is 42.5 Å². The number of carbonyl (C=O) groups excluding carboxylic acids is 1. The van der Waals surface area contributed by atoms with E-state index in [2.05, 4.69) is 5.32 Å². The van der Waals surface area contributed by atoms with Gasteiger partial charge in [0, 0.05) is 12.5 Å². The van der Waals surface area contributed by atoms with Gasteiger partial charge in [-0.05, 0) is 42.7 Å². The lowest BCUT2D eigenvalue weighted by Gasteiger charge is -2.12. The van der Waals surface area contributed by atoms with Crippen molar-refractivity contribution in [2.75, 3.05) is 26.1 Å². The Morgan fingerprint density at radius 1 is 1.04 bits per heavy atom. The Morgan fingerprint density at radius 2 is 1.72 bits per heavy atom. The molecule has 0 radical (unpaired) electrons. The van der Waals surface area contributed by atoms with Crippen LogP contribution in [0.5, 0.6) is 17.2 Å². The fourth-order valence-electron chi connectivity index (χ4n) is 2.39. The highest BCUT2D eigenvalue weighted by molar-refractivity contribution is 5.92. The van der Waals surface area contributed by atoms with Crippen molar-refractivity contribution in [3.63, 3.8) is 0 Å². The first-order valence-electron chi connectivity index (χ1n) is 8.40. The van der Waals surface area contributed by atoms with Crippen molar-refractivity contribution in [3.8, 4) is 17.2 Å². The van der Waals surface area contributed by atoms with Crippen molar-refractivity contribution in [1.29, 1.82) is 0 Å². The zero-order chi connectivity index (χ0) is 18.1. The Kier molecular flexibility index (Phi) is 7.14. The van der Waals surface area contributed by atoms with Crippen LogP contribution in [0.1, 0.15) is 25.3 Å². The van der Waals surface area contributed by atoms with E-state index in [0.717, 1.165) is 12.0 Å². The number of rotatable bonds is 9. The van der Waals surface area contributed by atoms with Crippen molar-refractivity contribution in [1.82, 2.24) is 0 Å². The summed E-state index contributed by atoms with van der Waals surface area (Å²) in [6.45, 7) is 2.67. The second-order valence-electron chi connectivity index (χ2n) is 5.61. The molecule has 0 saturated heterocycles. The molecule has 0 bridgehead atoms. The van der Waals surface area contributed by atoms with Crippen LogP contribution in [0.3, 0.4) is 0 Å². The van der Waals surface area contributed by atoms with E-state index in [1.807, 2.05) is 49.4 Å². The lowest BCUT2D eigenvalue weighted by Crippen LogP contribution is -2.13. The predicted octanol–water partition coefficient (Wildman–Crippen LogP) is 4.06. The Labute approximate surface area is 148 Å². The number of hydrogen-bond acceptors (Lipinski definition) is 4. The number of methoxy groups -OCH3 is 2. The second kappa shape index (κ2) is 9.57. The van der Waals surface area contributed by atoms with Crippen LogP contribution >= 0.6 is 0 Å². The molecule has 1 N–H and O–H groups in total. The molecule has 2 rings (SSSR count). The molecule has 5 nitrogen and oxygen atoms in total. The molecule has 0 spiro atoms. The highest BCUT2D eigenvalue weighted by Gasteiger charge is 2.09. The Morgan fingerprint density at radius 3 is 2.36 bits per heavy atom. The molecule has 25 heavy (non-hydrogen) atoms. The summed E-state index contributed by atoms with van der Waals surface area (Å²) in [4.78, 5) is 12.3. The van der Waals surface area contributed by atoms with Gasteiger partial charge in [0.05, 0.1) is 26.5 Å². The molecule has 0 aromatic heterocycles. The molecule has 5 heteroatoms. The molecule has 2 aromatic rings. The number of amides is 1. The number of nitrogens with one attached hydrogen (secondary N) is 1. The number of para-hydroxylation sites is 2. The lowest BCUT2D eigenvalue weighted by atomic mass is 10.1. The minimum atomic E-state index is -0.0608. The van der Waals surface area contributed by atoms with Gasteiger partial charge in [-0.2, -0.15) is 0 Å². The van der Waals surface area contributed by atoms with Gasteiger partial charge in [0.1, 0.15) is 17.2 Å². The summed E-state index contributed by atoms with van der Waals surface area (Å²) in [6.07, 6.45) is 1.87. The van der Waals surface area contributed by atoms with Crippen LogP contribution in [0, 0.1) is 0 Å². The van der Waals surface area contributed by atoms with Crippen molar-refractivity contribution in [3.05, 3.63) is 48.0 Å². The third-order valence-corrected chi connectivity index (χ3v) is 3.67. The monoisotopic (exact) mass is 343 g/mol. The maximum atomic E-state index is 12.3. The number of benzene rings is 2. The van der Waals surface area contributed by atoms with E-state index >= 15 is 0 Å². The zero-order valence-corrected chi connectivity index (χ0v) is 15.0. The fraction of sp³-hybridized carbons (Fsp3) is 0.350. The van der Waals surface area contributed by atoms with Crippen molar-refractivity contribution in [2.24, 2.45) is 0 Å². The van der Waals surface area contributed by atoms with Gasteiger partial charge in [-0.1, -0.05) is 19.1 Å². The molecular formula is C20H25NO4. The first-order chi connectivity index (χ1) is 12.2. The number of ether oxygens (including phenoxy) is 3. The third kappa shape index (κ3) is 5.71. The summed E-state index contributed by atoms with van der Waals surface area (Å²) in [6, 6.07) is 13.1. The van der Waals surface area contributed by atoms with Gasteiger partial charge in [-0.3, -0.25) is 4.79 Å². The summed E-state index contributed by atoms with van der Waals surface area (Å²) < 4.78 is 16.2. The van der Waals surface area contributed by atoms with Crippen LogP contribution in [-0.4, -0.2) is 26.7 Å². The first kappa shape index (κ1) is 18.6. The molecule has 0 saturated carbocycles. The highest BCUT2D eigenvalue weighted by Crippen LogP contribution is 2.25. The molecule has 0 unspecified atom stereocenters. The van der Waals surface area contributed by atoms with Crippen molar-refractivity contribution < 1.29 is 19.0 Å². The van der Waals surface area contributed by atoms with E-state index < -0.39 is 0 Å². The largest absolute Gasteiger partial charge is 0.497 e. The smallest absolute Gasteiger partial charge is 0.224 e. The van der Waals surface area contributed by atoms with Gasteiger partial charge in [0.25, 0.3) is 0 Å². The van der Waals surface area contributed by atoms with Crippen LogP contribution in [0.2, 0.25) is 0 Å². The zero-order valence-electron chi connectivity index (χ0n) is 15.0. The van der Waals surface area contributed by atoms with E-state index in [0.29, 0.717) is 42.4 Å².